The van der Waals surface area contributed by atoms with E-state index in [0.29, 0.717) is 17.4 Å². The van der Waals surface area contributed by atoms with E-state index in [-0.39, 0.29) is 17.2 Å². The van der Waals surface area contributed by atoms with Gasteiger partial charge in [0.1, 0.15) is 11.5 Å². The summed E-state index contributed by atoms with van der Waals surface area (Å²) in [6.07, 6.45) is 0. The lowest BCUT2D eigenvalue weighted by Gasteiger charge is -2.08. The van der Waals surface area contributed by atoms with Crippen LogP contribution >= 0.6 is 0 Å². The Morgan fingerprint density at radius 1 is 1.33 bits per heavy atom. The van der Waals surface area contributed by atoms with Gasteiger partial charge in [-0.1, -0.05) is 13.8 Å². The van der Waals surface area contributed by atoms with Gasteiger partial charge in [-0.25, -0.2) is 8.78 Å². The van der Waals surface area contributed by atoms with Crippen LogP contribution in [0.25, 0.3) is 11.3 Å². The number of halogens is 2. The number of hydrogen-bond donors (Lipinski definition) is 1. The van der Waals surface area contributed by atoms with Gasteiger partial charge in [0.25, 0.3) is 5.69 Å². The molecule has 2 aromatic rings. The van der Waals surface area contributed by atoms with E-state index in [2.05, 4.69) is 5.10 Å². The van der Waals surface area contributed by atoms with Gasteiger partial charge in [-0.05, 0) is 12.0 Å². The van der Waals surface area contributed by atoms with E-state index in [9.17, 15) is 18.9 Å². The molecular formula is C13H14F2N4O2. The predicted molar refractivity (Wildman–Crippen MR) is 73.7 cm³/mol. The molecule has 0 bridgehead atoms. The summed E-state index contributed by atoms with van der Waals surface area (Å²) >= 11 is 0. The highest BCUT2D eigenvalue weighted by atomic mass is 19.2. The molecule has 1 heterocycles. The first kappa shape index (κ1) is 14.9. The SMILES string of the molecule is CC(C)c1c(-c2cc(F)c(F)cc2[N+](=O)[O-])nn(C)c1N. The van der Waals surface area contributed by atoms with Gasteiger partial charge in [0.15, 0.2) is 11.6 Å². The maximum absolute atomic E-state index is 13.5. The summed E-state index contributed by atoms with van der Waals surface area (Å²) in [5, 5.41) is 15.2. The van der Waals surface area contributed by atoms with Crippen molar-refractivity contribution in [2.45, 2.75) is 19.8 Å². The van der Waals surface area contributed by atoms with Gasteiger partial charge in [-0.15, -0.1) is 0 Å². The van der Waals surface area contributed by atoms with Crippen molar-refractivity contribution in [1.29, 1.82) is 0 Å². The third-order valence-corrected chi connectivity index (χ3v) is 3.20. The molecule has 0 aliphatic carbocycles. The molecular weight excluding hydrogens is 282 g/mol. The Labute approximate surface area is 119 Å². The summed E-state index contributed by atoms with van der Waals surface area (Å²) in [6.45, 7) is 3.67. The van der Waals surface area contributed by atoms with Gasteiger partial charge in [-0.2, -0.15) is 5.10 Å². The summed E-state index contributed by atoms with van der Waals surface area (Å²) in [5.74, 6) is -2.20. The van der Waals surface area contributed by atoms with Crippen molar-refractivity contribution >= 4 is 11.5 Å². The molecule has 1 aromatic heterocycles. The average molecular weight is 296 g/mol. The van der Waals surface area contributed by atoms with E-state index in [1.807, 2.05) is 13.8 Å². The molecule has 112 valence electrons. The molecule has 0 fully saturated rings. The zero-order valence-electron chi connectivity index (χ0n) is 11.7. The molecule has 2 rings (SSSR count). The summed E-state index contributed by atoms with van der Waals surface area (Å²) in [4.78, 5) is 10.3. The standard InChI is InChI=1S/C13H14F2N4O2/c1-6(2)11-12(17-18(3)13(11)16)7-4-8(14)9(15)5-10(7)19(20)21/h4-6H,16H2,1-3H3. The van der Waals surface area contributed by atoms with Crippen LogP contribution in [0.4, 0.5) is 20.3 Å². The van der Waals surface area contributed by atoms with Gasteiger partial charge in [-0.3, -0.25) is 14.8 Å². The van der Waals surface area contributed by atoms with Crippen LogP contribution in [0.1, 0.15) is 25.3 Å². The van der Waals surface area contributed by atoms with Crippen LogP contribution in [0, 0.1) is 21.7 Å². The number of nitro groups is 1. The highest BCUT2D eigenvalue weighted by Crippen LogP contribution is 2.38. The molecule has 0 radical (unpaired) electrons. The normalized spacial score (nSPS) is 11.1. The van der Waals surface area contributed by atoms with Crippen LogP contribution in [0.15, 0.2) is 12.1 Å². The van der Waals surface area contributed by atoms with Crippen LogP contribution in [-0.4, -0.2) is 14.7 Å². The number of aromatic nitrogens is 2. The number of rotatable bonds is 3. The number of anilines is 1. The highest BCUT2D eigenvalue weighted by molar-refractivity contribution is 5.76. The fourth-order valence-electron chi connectivity index (χ4n) is 2.20. The number of aryl methyl sites for hydroxylation is 1. The number of nitro benzene ring substituents is 1. The first-order valence-corrected chi connectivity index (χ1v) is 6.20. The zero-order chi connectivity index (χ0) is 15.9. The van der Waals surface area contributed by atoms with Crippen LogP contribution in [0.3, 0.4) is 0 Å². The number of nitrogen functional groups attached to an aromatic ring is 1. The smallest absolute Gasteiger partial charge is 0.281 e. The molecule has 6 nitrogen and oxygen atoms in total. The lowest BCUT2D eigenvalue weighted by molar-refractivity contribution is -0.384. The minimum atomic E-state index is -1.28. The van der Waals surface area contributed by atoms with Gasteiger partial charge in [0, 0.05) is 12.6 Å². The van der Waals surface area contributed by atoms with Gasteiger partial charge >= 0.3 is 0 Å². The minimum absolute atomic E-state index is 0.0820. The number of nitrogens with zero attached hydrogens (tertiary/aromatic N) is 3. The number of benzene rings is 1. The van der Waals surface area contributed by atoms with E-state index in [0.717, 1.165) is 6.07 Å². The Morgan fingerprint density at radius 2 is 1.90 bits per heavy atom. The van der Waals surface area contributed by atoms with Crippen molar-refractivity contribution in [3.05, 3.63) is 39.4 Å². The zero-order valence-corrected chi connectivity index (χ0v) is 11.7. The summed E-state index contributed by atoms with van der Waals surface area (Å²) in [5.41, 5.74) is 6.02. The Bertz CT molecular complexity index is 725. The Balaban J connectivity index is 2.81. The van der Waals surface area contributed by atoms with Crippen LogP contribution in [0.5, 0.6) is 0 Å². The Kier molecular flexibility index (Phi) is 3.63. The molecule has 0 aliphatic rings. The Morgan fingerprint density at radius 3 is 2.43 bits per heavy atom. The summed E-state index contributed by atoms with van der Waals surface area (Å²) in [6, 6.07) is 1.33. The lowest BCUT2D eigenvalue weighted by Crippen LogP contribution is -2.00. The molecule has 8 heteroatoms. The third kappa shape index (κ3) is 2.44. The topological polar surface area (TPSA) is 87.0 Å². The van der Waals surface area contributed by atoms with E-state index >= 15 is 0 Å². The first-order chi connectivity index (χ1) is 9.73. The molecule has 0 spiro atoms. The van der Waals surface area contributed by atoms with E-state index < -0.39 is 22.2 Å². The summed E-state index contributed by atoms with van der Waals surface area (Å²) < 4.78 is 28.1. The molecule has 0 saturated carbocycles. The van der Waals surface area contributed by atoms with Crippen molar-refractivity contribution < 1.29 is 13.7 Å². The summed E-state index contributed by atoms with van der Waals surface area (Å²) in [7, 11) is 1.58. The quantitative estimate of drug-likeness (QED) is 0.696. The van der Waals surface area contributed by atoms with Crippen LogP contribution < -0.4 is 5.73 Å². The molecule has 2 N–H and O–H groups in total. The second kappa shape index (κ2) is 5.12. The monoisotopic (exact) mass is 296 g/mol. The van der Waals surface area contributed by atoms with Gasteiger partial charge in [0.2, 0.25) is 0 Å². The van der Waals surface area contributed by atoms with Gasteiger partial charge in [0.05, 0.1) is 16.6 Å². The average Bonchev–Trinajstić information content (AvgIpc) is 2.68. The minimum Gasteiger partial charge on any atom is -0.384 e. The molecule has 0 saturated heterocycles. The van der Waals surface area contributed by atoms with Crippen molar-refractivity contribution in [3.8, 4) is 11.3 Å². The van der Waals surface area contributed by atoms with Crippen molar-refractivity contribution in [2.24, 2.45) is 7.05 Å². The lowest BCUT2D eigenvalue weighted by atomic mass is 9.97. The number of hydrogen-bond acceptors (Lipinski definition) is 4. The van der Waals surface area contributed by atoms with E-state index in [1.54, 1.807) is 7.05 Å². The van der Waals surface area contributed by atoms with E-state index in [4.69, 9.17) is 5.73 Å². The second-order valence-corrected chi connectivity index (χ2v) is 4.97. The fraction of sp³-hybridized carbons (Fsp3) is 0.308. The molecule has 21 heavy (non-hydrogen) atoms. The maximum atomic E-state index is 13.5. The van der Waals surface area contributed by atoms with Crippen molar-refractivity contribution in [1.82, 2.24) is 9.78 Å². The molecule has 1 aromatic carbocycles. The van der Waals surface area contributed by atoms with Crippen LogP contribution in [0.2, 0.25) is 0 Å². The Hall–Kier alpha value is -2.51. The maximum Gasteiger partial charge on any atom is 0.281 e. The first-order valence-electron chi connectivity index (χ1n) is 6.20. The number of nitrogens with two attached hydrogens (primary N) is 1. The third-order valence-electron chi connectivity index (χ3n) is 3.20. The highest BCUT2D eigenvalue weighted by Gasteiger charge is 2.26. The predicted octanol–water partition coefficient (Wildman–Crippen LogP) is 2.98. The van der Waals surface area contributed by atoms with E-state index in [1.165, 1.54) is 4.68 Å². The fourth-order valence-corrected chi connectivity index (χ4v) is 2.20. The molecule has 0 aliphatic heterocycles. The molecule has 0 unspecified atom stereocenters. The van der Waals surface area contributed by atoms with Gasteiger partial charge < -0.3 is 5.73 Å². The largest absolute Gasteiger partial charge is 0.384 e. The molecule has 0 amide bonds. The second-order valence-electron chi connectivity index (χ2n) is 4.97. The molecule has 0 atom stereocenters. The van der Waals surface area contributed by atoms with Crippen molar-refractivity contribution in [3.63, 3.8) is 0 Å². The van der Waals surface area contributed by atoms with Crippen molar-refractivity contribution in [2.75, 3.05) is 5.73 Å². The van der Waals surface area contributed by atoms with Crippen LogP contribution in [-0.2, 0) is 7.05 Å².